The van der Waals surface area contributed by atoms with E-state index in [1.165, 1.54) is 0 Å². The SMILES string of the molecule is O=C1CCCOCCCC(=O)COCCCCCOC1. The Morgan fingerprint density at radius 3 is 1.50 bits per heavy atom. The Hall–Kier alpha value is -0.780. The third-order valence-electron chi connectivity index (χ3n) is 3.09. The monoisotopic (exact) mass is 286 g/mol. The van der Waals surface area contributed by atoms with E-state index in [2.05, 4.69) is 0 Å². The molecule has 1 fully saturated rings. The van der Waals surface area contributed by atoms with Crippen molar-refractivity contribution in [3.05, 3.63) is 0 Å². The topological polar surface area (TPSA) is 61.8 Å². The third-order valence-corrected chi connectivity index (χ3v) is 3.09. The van der Waals surface area contributed by atoms with Gasteiger partial charge in [0.25, 0.3) is 0 Å². The zero-order valence-electron chi connectivity index (χ0n) is 12.2. The molecule has 20 heavy (non-hydrogen) atoms. The van der Waals surface area contributed by atoms with Crippen LogP contribution in [-0.2, 0) is 23.8 Å². The van der Waals surface area contributed by atoms with Gasteiger partial charge in [0.05, 0.1) is 0 Å². The summed E-state index contributed by atoms with van der Waals surface area (Å²) in [6, 6.07) is 0. The van der Waals surface area contributed by atoms with E-state index in [-0.39, 0.29) is 24.8 Å². The van der Waals surface area contributed by atoms with Gasteiger partial charge in [0, 0.05) is 39.3 Å². The van der Waals surface area contributed by atoms with Crippen LogP contribution in [0.25, 0.3) is 0 Å². The zero-order valence-corrected chi connectivity index (χ0v) is 12.2. The molecule has 1 rings (SSSR count). The highest BCUT2D eigenvalue weighted by Gasteiger charge is 2.04. The minimum absolute atomic E-state index is 0.133. The van der Waals surface area contributed by atoms with E-state index in [0.29, 0.717) is 39.3 Å². The Balaban J connectivity index is 2.19. The Morgan fingerprint density at radius 1 is 0.550 bits per heavy atom. The standard InChI is InChI=1S/C15H26O5/c16-14-6-4-10-18-11-5-7-15(17)13-20-9-3-1-2-8-19-12-14/h1-13H2. The van der Waals surface area contributed by atoms with Crippen LogP contribution in [0, 0.1) is 0 Å². The number of ether oxygens (including phenoxy) is 3. The maximum Gasteiger partial charge on any atom is 0.158 e. The molecule has 0 aromatic heterocycles. The molecule has 0 amide bonds. The van der Waals surface area contributed by atoms with Crippen LogP contribution < -0.4 is 0 Å². The quantitative estimate of drug-likeness (QED) is 0.681. The molecule has 0 N–H and O–H groups in total. The number of hydrogen-bond donors (Lipinski definition) is 0. The Bertz CT molecular complexity index is 251. The van der Waals surface area contributed by atoms with Crippen LogP contribution in [0.3, 0.4) is 0 Å². The number of hydrogen-bond acceptors (Lipinski definition) is 5. The molecule has 0 atom stereocenters. The number of carbonyl (C=O) groups excluding carboxylic acids is 2. The zero-order chi connectivity index (χ0) is 14.5. The molecule has 0 aromatic rings. The highest BCUT2D eigenvalue weighted by Crippen LogP contribution is 2.01. The normalized spacial score (nSPS) is 23.0. The lowest BCUT2D eigenvalue weighted by Gasteiger charge is -2.07. The maximum absolute atomic E-state index is 11.5. The maximum atomic E-state index is 11.5. The largest absolute Gasteiger partial charge is 0.381 e. The van der Waals surface area contributed by atoms with Gasteiger partial charge in [-0.15, -0.1) is 0 Å². The van der Waals surface area contributed by atoms with E-state index >= 15 is 0 Å². The van der Waals surface area contributed by atoms with E-state index in [1.807, 2.05) is 0 Å². The van der Waals surface area contributed by atoms with E-state index < -0.39 is 0 Å². The summed E-state index contributed by atoms with van der Waals surface area (Å²) < 4.78 is 16.0. The van der Waals surface area contributed by atoms with E-state index in [9.17, 15) is 9.59 Å². The second-order valence-corrected chi connectivity index (χ2v) is 5.06. The summed E-state index contributed by atoms with van der Waals surface area (Å²) in [6.45, 7) is 2.78. The number of ketones is 2. The second-order valence-electron chi connectivity index (χ2n) is 5.06. The molecule has 1 saturated heterocycles. The number of carbonyl (C=O) groups is 2. The summed E-state index contributed by atoms with van der Waals surface area (Å²) >= 11 is 0. The lowest BCUT2D eigenvalue weighted by Crippen LogP contribution is -2.12. The summed E-state index contributed by atoms with van der Waals surface area (Å²) in [5, 5.41) is 0. The third kappa shape index (κ3) is 10.1. The first-order chi connectivity index (χ1) is 9.79. The molecule has 5 heteroatoms. The molecule has 0 aromatic carbocycles. The number of Topliss-reactive ketones (excluding diaryl/α,β-unsaturated/α-hetero) is 2. The molecule has 0 bridgehead atoms. The van der Waals surface area contributed by atoms with Crippen LogP contribution in [0.5, 0.6) is 0 Å². The molecular formula is C15H26O5. The van der Waals surface area contributed by atoms with Crippen molar-refractivity contribution < 1.29 is 23.8 Å². The minimum Gasteiger partial charge on any atom is -0.381 e. The van der Waals surface area contributed by atoms with Gasteiger partial charge in [-0.1, -0.05) is 0 Å². The summed E-state index contributed by atoms with van der Waals surface area (Å²) in [5.74, 6) is 0.265. The van der Waals surface area contributed by atoms with Gasteiger partial charge in [-0.05, 0) is 32.1 Å². The molecule has 1 heterocycles. The molecule has 1 aliphatic heterocycles. The van der Waals surface area contributed by atoms with Crippen molar-refractivity contribution in [3.63, 3.8) is 0 Å². The Kier molecular flexibility index (Phi) is 10.4. The van der Waals surface area contributed by atoms with Crippen molar-refractivity contribution in [1.82, 2.24) is 0 Å². The van der Waals surface area contributed by atoms with Crippen molar-refractivity contribution in [3.8, 4) is 0 Å². The van der Waals surface area contributed by atoms with Crippen molar-refractivity contribution in [2.24, 2.45) is 0 Å². The highest BCUT2D eigenvalue weighted by atomic mass is 16.5. The Morgan fingerprint density at radius 2 is 1.00 bits per heavy atom. The molecule has 116 valence electrons. The Labute approximate surface area is 121 Å². The fourth-order valence-corrected chi connectivity index (χ4v) is 1.95. The van der Waals surface area contributed by atoms with Crippen LogP contribution >= 0.6 is 0 Å². The van der Waals surface area contributed by atoms with Crippen molar-refractivity contribution in [1.29, 1.82) is 0 Å². The van der Waals surface area contributed by atoms with Gasteiger partial charge in [0.1, 0.15) is 13.2 Å². The second kappa shape index (κ2) is 12.0. The fourth-order valence-electron chi connectivity index (χ4n) is 1.95. The smallest absolute Gasteiger partial charge is 0.158 e. The first-order valence-electron chi connectivity index (χ1n) is 7.55. The van der Waals surface area contributed by atoms with Crippen LogP contribution in [0.2, 0.25) is 0 Å². The molecule has 0 aliphatic carbocycles. The van der Waals surface area contributed by atoms with Crippen molar-refractivity contribution in [2.45, 2.75) is 44.9 Å². The van der Waals surface area contributed by atoms with Crippen LogP contribution in [0.4, 0.5) is 0 Å². The van der Waals surface area contributed by atoms with Gasteiger partial charge in [-0.25, -0.2) is 0 Å². The first-order valence-corrected chi connectivity index (χ1v) is 7.55. The van der Waals surface area contributed by atoms with Crippen LogP contribution in [0.15, 0.2) is 0 Å². The molecule has 0 spiro atoms. The molecule has 5 nitrogen and oxygen atoms in total. The predicted octanol–water partition coefficient (Wildman–Crippen LogP) is 1.92. The lowest BCUT2D eigenvalue weighted by molar-refractivity contribution is -0.124. The van der Waals surface area contributed by atoms with Gasteiger partial charge in [-0.3, -0.25) is 9.59 Å². The molecular weight excluding hydrogens is 260 g/mol. The van der Waals surface area contributed by atoms with E-state index in [1.54, 1.807) is 0 Å². The van der Waals surface area contributed by atoms with Crippen LogP contribution in [0.1, 0.15) is 44.9 Å². The molecule has 1 aliphatic rings. The van der Waals surface area contributed by atoms with E-state index in [0.717, 1.165) is 32.1 Å². The lowest BCUT2D eigenvalue weighted by atomic mass is 10.2. The summed E-state index contributed by atoms with van der Waals surface area (Å²) in [5.41, 5.74) is 0. The average Bonchev–Trinajstić information content (AvgIpc) is 2.43. The van der Waals surface area contributed by atoms with Crippen molar-refractivity contribution in [2.75, 3.05) is 39.6 Å². The molecule has 0 unspecified atom stereocenters. The molecule has 0 saturated carbocycles. The first kappa shape index (κ1) is 17.3. The highest BCUT2D eigenvalue weighted by molar-refractivity contribution is 5.79. The van der Waals surface area contributed by atoms with Gasteiger partial charge in [0.2, 0.25) is 0 Å². The summed E-state index contributed by atoms with van der Waals surface area (Å²) in [6.07, 6.45) is 5.30. The van der Waals surface area contributed by atoms with Crippen LogP contribution in [-0.4, -0.2) is 51.2 Å². The van der Waals surface area contributed by atoms with Crippen molar-refractivity contribution >= 4 is 11.6 Å². The van der Waals surface area contributed by atoms with E-state index in [4.69, 9.17) is 14.2 Å². The van der Waals surface area contributed by atoms with Gasteiger partial charge < -0.3 is 14.2 Å². The molecule has 0 radical (unpaired) electrons. The fraction of sp³-hybridized carbons (Fsp3) is 0.867. The summed E-state index contributed by atoms with van der Waals surface area (Å²) in [7, 11) is 0. The van der Waals surface area contributed by atoms with Gasteiger partial charge >= 0.3 is 0 Å². The van der Waals surface area contributed by atoms with Gasteiger partial charge in [-0.2, -0.15) is 0 Å². The summed E-state index contributed by atoms with van der Waals surface area (Å²) in [4.78, 5) is 22.9. The number of rotatable bonds is 0. The van der Waals surface area contributed by atoms with Gasteiger partial charge in [0.15, 0.2) is 11.6 Å². The average molecular weight is 286 g/mol. The predicted molar refractivity (Wildman–Crippen MR) is 74.8 cm³/mol. The minimum atomic E-state index is 0.133.